The Bertz CT molecular complexity index is 143. The lowest BCUT2D eigenvalue weighted by molar-refractivity contribution is -0.127. The molecule has 3 nitrogen and oxygen atoms in total. The molecule has 0 spiro atoms. The number of hydrogen-bond donors (Lipinski definition) is 0. The molecule has 11 heavy (non-hydrogen) atoms. The Morgan fingerprint density at radius 2 is 2.18 bits per heavy atom. The Morgan fingerprint density at radius 3 is 2.64 bits per heavy atom. The van der Waals surface area contributed by atoms with Crippen LogP contribution in [-0.2, 0) is 4.79 Å². The predicted octanol–water partition coefficient (Wildman–Crippen LogP) is 0.170. The van der Waals surface area contributed by atoms with E-state index in [1.54, 1.807) is 11.8 Å². The third-order valence-electron chi connectivity index (χ3n) is 2.05. The van der Waals surface area contributed by atoms with Crippen LogP contribution in [0.3, 0.4) is 0 Å². The lowest BCUT2D eigenvalue weighted by Gasteiger charge is -2.13. The number of amides is 1. The van der Waals surface area contributed by atoms with Crippen molar-refractivity contribution in [2.45, 2.75) is 13.3 Å². The first-order valence-corrected chi connectivity index (χ1v) is 4.14. The molecule has 1 rings (SSSR count). The highest BCUT2D eigenvalue weighted by atomic mass is 16.2. The zero-order valence-corrected chi connectivity index (χ0v) is 7.34. The van der Waals surface area contributed by atoms with Crippen LogP contribution >= 0.6 is 0 Å². The summed E-state index contributed by atoms with van der Waals surface area (Å²) in [6.07, 6.45) is 1.11. The van der Waals surface area contributed by atoms with E-state index in [2.05, 4.69) is 4.90 Å². The van der Waals surface area contributed by atoms with E-state index in [-0.39, 0.29) is 5.91 Å². The van der Waals surface area contributed by atoms with Gasteiger partial charge in [0.15, 0.2) is 0 Å². The second-order valence-corrected chi connectivity index (χ2v) is 3.14. The molecule has 3 heteroatoms. The van der Waals surface area contributed by atoms with Gasteiger partial charge in [-0.3, -0.25) is 4.79 Å². The summed E-state index contributed by atoms with van der Waals surface area (Å²) < 4.78 is 0. The fraction of sp³-hybridized carbons (Fsp3) is 0.875. The van der Waals surface area contributed by atoms with Gasteiger partial charge in [-0.1, -0.05) is 0 Å². The molecule has 1 aliphatic heterocycles. The second kappa shape index (κ2) is 3.72. The van der Waals surface area contributed by atoms with Crippen LogP contribution in [0.4, 0.5) is 0 Å². The Kier molecular flexibility index (Phi) is 2.88. The van der Waals surface area contributed by atoms with E-state index < -0.39 is 0 Å². The fourth-order valence-corrected chi connectivity index (χ4v) is 0.983. The topological polar surface area (TPSA) is 23.3 Å². The quantitative estimate of drug-likeness (QED) is 0.542. The minimum absolute atomic E-state index is 0.163. The van der Waals surface area contributed by atoms with Gasteiger partial charge >= 0.3 is 0 Å². The molecule has 0 N–H and O–H groups in total. The molecule has 1 heterocycles. The number of carbonyl (C=O) groups excluding carboxylic acids is 1. The van der Waals surface area contributed by atoms with Crippen molar-refractivity contribution in [1.29, 1.82) is 0 Å². The van der Waals surface area contributed by atoms with Crippen molar-refractivity contribution in [3.05, 3.63) is 0 Å². The summed E-state index contributed by atoms with van der Waals surface area (Å²) in [5.41, 5.74) is 0. The van der Waals surface area contributed by atoms with E-state index in [9.17, 15) is 4.79 Å². The highest BCUT2D eigenvalue weighted by molar-refractivity contribution is 5.72. The molecule has 0 aliphatic carbocycles. The number of rotatable bonds is 4. The van der Waals surface area contributed by atoms with Crippen LogP contribution in [0.25, 0.3) is 0 Å². The molecule has 0 unspecified atom stereocenters. The van der Waals surface area contributed by atoms with Gasteiger partial charge in [0.05, 0.1) is 0 Å². The van der Waals surface area contributed by atoms with Gasteiger partial charge in [0.1, 0.15) is 0 Å². The Hall–Kier alpha value is -0.570. The monoisotopic (exact) mass is 156 g/mol. The largest absolute Gasteiger partial charge is 0.346 e. The minimum atomic E-state index is 0.163. The molecule has 64 valence electrons. The molecule has 0 saturated carbocycles. The molecule has 0 atom stereocenters. The lowest BCUT2D eigenvalue weighted by atomic mass is 10.4. The van der Waals surface area contributed by atoms with E-state index in [4.69, 9.17) is 0 Å². The number of carbonyl (C=O) groups is 1. The SMILES string of the molecule is CC(=O)N(C)CCCN1CC1. The van der Waals surface area contributed by atoms with Crippen LogP contribution < -0.4 is 0 Å². The molecule has 0 aromatic rings. The van der Waals surface area contributed by atoms with Gasteiger partial charge in [-0.15, -0.1) is 0 Å². The molecule has 0 bridgehead atoms. The van der Waals surface area contributed by atoms with Crippen molar-refractivity contribution in [3.63, 3.8) is 0 Å². The van der Waals surface area contributed by atoms with E-state index >= 15 is 0 Å². The summed E-state index contributed by atoms with van der Waals surface area (Å²) in [5, 5.41) is 0. The molecule has 1 aliphatic rings. The highest BCUT2D eigenvalue weighted by Crippen LogP contribution is 2.03. The fourth-order valence-electron chi connectivity index (χ4n) is 0.983. The van der Waals surface area contributed by atoms with E-state index in [0.717, 1.165) is 19.5 Å². The van der Waals surface area contributed by atoms with Crippen LogP contribution in [0, 0.1) is 0 Å². The first-order valence-electron chi connectivity index (χ1n) is 4.14. The third-order valence-corrected chi connectivity index (χ3v) is 2.05. The van der Waals surface area contributed by atoms with Crippen molar-refractivity contribution in [1.82, 2.24) is 9.80 Å². The average Bonchev–Trinajstić information content (AvgIpc) is 2.71. The first-order chi connectivity index (χ1) is 5.20. The molecule has 0 radical (unpaired) electrons. The van der Waals surface area contributed by atoms with Crippen LogP contribution in [-0.4, -0.2) is 48.9 Å². The Labute approximate surface area is 68.0 Å². The van der Waals surface area contributed by atoms with Crippen molar-refractivity contribution in [3.8, 4) is 0 Å². The van der Waals surface area contributed by atoms with Gasteiger partial charge < -0.3 is 9.80 Å². The summed E-state index contributed by atoms with van der Waals surface area (Å²) in [7, 11) is 1.85. The van der Waals surface area contributed by atoms with Crippen LogP contribution in [0.5, 0.6) is 0 Å². The van der Waals surface area contributed by atoms with Gasteiger partial charge in [0, 0.05) is 33.6 Å². The van der Waals surface area contributed by atoms with Crippen LogP contribution in [0.15, 0.2) is 0 Å². The normalized spacial score (nSPS) is 16.5. The second-order valence-electron chi connectivity index (χ2n) is 3.14. The molecular formula is C8H16N2O. The molecule has 1 amide bonds. The maximum atomic E-state index is 10.7. The zero-order valence-electron chi connectivity index (χ0n) is 7.34. The number of nitrogens with zero attached hydrogens (tertiary/aromatic N) is 2. The summed E-state index contributed by atoms with van der Waals surface area (Å²) in [5.74, 6) is 0.163. The maximum Gasteiger partial charge on any atom is 0.219 e. The summed E-state index contributed by atoms with van der Waals surface area (Å²) in [6.45, 7) is 6.16. The van der Waals surface area contributed by atoms with Crippen molar-refractivity contribution in [2.24, 2.45) is 0 Å². The Balaban J connectivity index is 1.96. The molecule has 0 aromatic heterocycles. The van der Waals surface area contributed by atoms with Crippen molar-refractivity contribution < 1.29 is 4.79 Å². The lowest BCUT2D eigenvalue weighted by Crippen LogP contribution is -2.26. The first kappa shape index (κ1) is 8.53. The highest BCUT2D eigenvalue weighted by Gasteiger charge is 2.15. The van der Waals surface area contributed by atoms with Gasteiger partial charge in [0.2, 0.25) is 5.91 Å². The molecule has 1 fully saturated rings. The number of hydrogen-bond acceptors (Lipinski definition) is 2. The van der Waals surface area contributed by atoms with Gasteiger partial charge in [-0.05, 0) is 13.0 Å². The standard InChI is InChI=1S/C8H16N2O/c1-8(11)9(2)4-3-5-10-6-7-10/h3-7H2,1-2H3. The van der Waals surface area contributed by atoms with E-state index in [1.807, 2.05) is 7.05 Å². The van der Waals surface area contributed by atoms with Gasteiger partial charge in [-0.25, -0.2) is 0 Å². The van der Waals surface area contributed by atoms with E-state index in [0.29, 0.717) is 0 Å². The van der Waals surface area contributed by atoms with Crippen LogP contribution in [0.2, 0.25) is 0 Å². The minimum Gasteiger partial charge on any atom is -0.346 e. The van der Waals surface area contributed by atoms with Crippen molar-refractivity contribution >= 4 is 5.91 Å². The molecule has 1 saturated heterocycles. The summed E-state index contributed by atoms with van der Waals surface area (Å²) >= 11 is 0. The maximum absolute atomic E-state index is 10.7. The predicted molar refractivity (Wildman–Crippen MR) is 44.4 cm³/mol. The Morgan fingerprint density at radius 1 is 1.55 bits per heavy atom. The molecule has 0 aromatic carbocycles. The van der Waals surface area contributed by atoms with Crippen molar-refractivity contribution in [2.75, 3.05) is 33.2 Å². The van der Waals surface area contributed by atoms with Gasteiger partial charge in [-0.2, -0.15) is 0 Å². The third kappa shape index (κ3) is 3.37. The average molecular weight is 156 g/mol. The zero-order chi connectivity index (χ0) is 8.27. The smallest absolute Gasteiger partial charge is 0.219 e. The van der Waals surface area contributed by atoms with Gasteiger partial charge in [0.25, 0.3) is 0 Å². The van der Waals surface area contributed by atoms with E-state index in [1.165, 1.54) is 13.1 Å². The molecular weight excluding hydrogens is 140 g/mol. The summed E-state index contributed by atoms with van der Waals surface area (Å²) in [6, 6.07) is 0. The van der Waals surface area contributed by atoms with Crippen LogP contribution in [0.1, 0.15) is 13.3 Å². The summed E-state index contributed by atoms with van der Waals surface area (Å²) in [4.78, 5) is 14.9.